The molecule has 3 rings (SSSR count). The summed E-state index contributed by atoms with van der Waals surface area (Å²) in [5.74, 6) is 0.722. The number of hydrogen-bond acceptors (Lipinski definition) is 3. The Balaban J connectivity index is 1.79. The monoisotopic (exact) mass is 239 g/mol. The molecule has 1 aliphatic carbocycles. The molecule has 0 aromatic carbocycles. The zero-order valence-electron chi connectivity index (χ0n) is 10.4. The van der Waals surface area contributed by atoms with Gasteiger partial charge in [0, 0.05) is 6.20 Å². The van der Waals surface area contributed by atoms with Crippen LogP contribution in [0.3, 0.4) is 0 Å². The summed E-state index contributed by atoms with van der Waals surface area (Å²) in [7, 11) is 0. The second-order valence-corrected chi connectivity index (χ2v) is 4.90. The Morgan fingerprint density at radius 1 is 1.11 bits per heavy atom. The van der Waals surface area contributed by atoms with Crippen molar-refractivity contribution in [1.82, 2.24) is 15.0 Å². The molecule has 92 valence electrons. The average Bonchev–Trinajstić information content (AvgIpc) is 2.46. The summed E-state index contributed by atoms with van der Waals surface area (Å²) in [6, 6.07) is 3.82. The van der Waals surface area contributed by atoms with Gasteiger partial charge in [-0.25, -0.2) is 9.97 Å². The Hall–Kier alpha value is -1.77. The molecule has 3 heteroatoms. The van der Waals surface area contributed by atoms with Crippen LogP contribution in [-0.4, -0.2) is 15.0 Å². The number of nitrogens with zero attached hydrogens (tertiary/aromatic N) is 3. The van der Waals surface area contributed by atoms with E-state index in [1.807, 2.05) is 18.3 Å². The van der Waals surface area contributed by atoms with Crippen LogP contribution in [-0.2, 0) is 0 Å². The first-order chi connectivity index (χ1) is 8.92. The molecule has 2 aromatic rings. The molecule has 18 heavy (non-hydrogen) atoms. The molecule has 0 amide bonds. The summed E-state index contributed by atoms with van der Waals surface area (Å²) in [4.78, 5) is 13.1. The second kappa shape index (κ2) is 5.25. The standard InChI is InChI=1S/C15H17N3/c1-2-5-12(6-3-1)8-9-13-11-17-14-7-4-10-16-15(14)18-13/h4,7-12H,1-3,5-6H2/b9-8+. The predicted molar refractivity (Wildman–Crippen MR) is 72.9 cm³/mol. The second-order valence-electron chi connectivity index (χ2n) is 4.90. The fourth-order valence-corrected chi connectivity index (χ4v) is 2.50. The van der Waals surface area contributed by atoms with Crippen molar-refractivity contribution in [1.29, 1.82) is 0 Å². The lowest BCUT2D eigenvalue weighted by Gasteiger charge is -2.17. The zero-order valence-corrected chi connectivity index (χ0v) is 10.4. The van der Waals surface area contributed by atoms with Gasteiger partial charge in [-0.2, -0.15) is 0 Å². The van der Waals surface area contributed by atoms with Gasteiger partial charge in [-0.1, -0.05) is 25.3 Å². The molecule has 0 aliphatic heterocycles. The van der Waals surface area contributed by atoms with Crippen molar-refractivity contribution in [2.75, 3.05) is 0 Å². The van der Waals surface area contributed by atoms with E-state index in [-0.39, 0.29) is 0 Å². The summed E-state index contributed by atoms with van der Waals surface area (Å²) in [5.41, 5.74) is 2.49. The van der Waals surface area contributed by atoms with Crippen LogP contribution in [0.1, 0.15) is 37.8 Å². The largest absolute Gasteiger partial charge is 0.251 e. The van der Waals surface area contributed by atoms with Crippen LogP contribution in [0, 0.1) is 5.92 Å². The van der Waals surface area contributed by atoms with Crippen LogP contribution in [0.4, 0.5) is 0 Å². The Kier molecular flexibility index (Phi) is 3.31. The lowest BCUT2D eigenvalue weighted by atomic mass is 9.89. The minimum atomic E-state index is 0.722. The van der Waals surface area contributed by atoms with Crippen molar-refractivity contribution >= 4 is 17.2 Å². The van der Waals surface area contributed by atoms with E-state index in [2.05, 4.69) is 27.1 Å². The molecule has 1 fully saturated rings. The minimum absolute atomic E-state index is 0.722. The van der Waals surface area contributed by atoms with Crippen molar-refractivity contribution in [2.24, 2.45) is 5.92 Å². The number of fused-ring (bicyclic) bond motifs is 1. The summed E-state index contributed by atoms with van der Waals surface area (Å²) in [6.45, 7) is 0. The molecule has 1 saturated carbocycles. The third kappa shape index (κ3) is 2.55. The maximum atomic E-state index is 4.50. The Morgan fingerprint density at radius 2 is 2.00 bits per heavy atom. The lowest BCUT2D eigenvalue weighted by molar-refractivity contribution is 0.420. The van der Waals surface area contributed by atoms with Gasteiger partial charge in [0.05, 0.1) is 11.9 Å². The van der Waals surface area contributed by atoms with Crippen LogP contribution in [0.2, 0.25) is 0 Å². The highest BCUT2D eigenvalue weighted by Gasteiger charge is 2.09. The topological polar surface area (TPSA) is 38.7 Å². The Morgan fingerprint density at radius 3 is 2.89 bits per heavy atom. The summed E-state index contributed by atoms with van der Waals surface area (Å²) in [6.07, 6.45) is 14.7. The van der Waals surface area contributed by atoms with Crippen molar-refractivity contribution in [3.63, 3.8) is 0 Å². The predicted octanol–water partition coefficient (Wildman–Crippen LogP) is 3.62. The highest BCUT2D eigenvalue weighted by molar-refractivity contribution is 5.70. The molecule has 0 spiro atoms. The number of aromatic nitrogens is 3. The van der Waals surface area contributed by atoms with Gasteiger partial charge in [0.1, 0.15) is 5.52 Å². The highest BCUT2D eigenvalue weighted by Crippen LogP contribution is 2.25. The van der Waals surface area contributed by atoms with Gasteiger partial charge in [0.2, 0.25) is 0 Å². The molecule has 2 heterocycles. The van der Waals surface area contributed by atoms with Crippen molar-refractivity contribution in [2.45, 2.75) is 32.1 Å². The third-order valence-electron chi connectivity index (χ3n) is 3.53. The van der Waals surface area contributed by atoms with Crippen molar-refractivity contribution < 1.29 is 0 Å². The molecule has 0 saturated heterocycles. The maximum Gasteiger partial charge on any atom is 0.178 e. The first-order valence-corrected chi connectivity index (χ1v) is 6.68. The van der Waals surface area contributed by atoms with E-state index in [9.17, 15) is 0 Å². The van der Waals surface area contributed by atoms with Crippen LogP contribution in [0.5, 0.6) is 0 Å². The van der Waals surface area contributed by atoms with Gasteiger partial charge >= 0.3 is 0 Å². The Bertz CT molecular complexity index is 556. The third-order valence-corrected chi connectivity index (χ3v) is 3.53. The molecule has 0 radical (unpaired) electrons. The molecular formula is C15H17N3. The van der Waals surface area contributed by atoms with E-state index >= 15 is 0 Å². The lowest BCUT2D eigenvalue weighted by Crippen LogP contribution is -2.02. The minimum Gasteiger partial charge on any atom is -0.251 e. The van der Waals surface area contributed by atoms with E-state index < -0.39 is 0 Å². The molecular weight excluding hydrogens is 222 g/mol. The molecule has 0 unspecified atom stereocenters. The average molecular weight is 239 g/mol. The summed E-state index contributed by atoms with van der Waals surface area (Å²) < 4.78 is 0. The van der Waals surface area contributed by atoms with E-state index in [4.69, 9.17) is 0 Å². The zero-order chi connectivity index (χ0) is 12.2. The first-order valence-electron chi connectivity index (χ1n) is 6.68. The van der Waals surface area contributed by atoms with Crippen LogP contribution in [0.25, 0.3) is 17.2 Å². The van der Waals surface area contributed by atoms with Crippen LogP contribution >= 0.6 is 0 Å². The molecule has 0 N–H and O–H groups in total. The number of hydrogen-bond donors (Lipinski definition) is 0. The van der Waals surface area contributed by atoms with Gasteiger partial charge in [-0.05, 0) is 37.0 Å². The van der Waals surface area contributed by atoms with E-state index in [1.54, 1.807) is 6.20 Å². The van der Waals surface area contributed by atoms with E-state index in [1.165, 1.54) is 32.1 Å². The van der Waals surface area contributed by atoms with Gasteiger partial charge in [0.15, 0.2) is 5.65 Å². The Labute approximate surface area is 107 Å². The maximum absolute atomic E-state index is 4.50. The van der Waals surface area contributed by atoms with Gasteiger partial charge in [-0.3, -0.25) is 4.98 Å². The van der Waals surface area contributed by atoms with E-state index in [0.717, 1.165) is 22.8 Å². The fourth-order valence-electron chi connectivity index (χ4n) is 2.50. The van der Waals surface area contributed by atoms with Crippen molar-refractivity contribution in [3.8, 4) is 0 Å². The summed E-state index contributed by atoms with van der Waals surface area (Å²) in [5, 5.41) is 0. The van der Waals surface area contributed by atoms with E-state index in [0.29, 0.717) is 0 Å². The molecule has 0 atom stereocenters. The smallest absolute Gasteiger partial charge is 0.178 e. The number of pyridine rings is 1. The molecule has 1 aliphatic rings. The number of allylic oxidation sites excluding steroid dienone is 1. The fraction of sp³-hybridized carbons (Fsp3) is 0.400. The highest BCUT2D eigenvalue weighted by atomic mass is 14.9. The first kappa shape index (κ1) is 11.3. The van der Waals surface area contributed by atoms with Gasteiger partial charge < -0.3 is 0 Å². The quantitative estimate of drug-likeness (QED) is 0.803. The molecule has 3 nitrogen and oxygen atoms in total. The van der Waals surface area contributed by atoms with Crippen molar-refractivity contribution in [3.05, 3.63) is 36.3 Å². The van der Waals surface area contributed by atoms with Crippen LogP contribution < -0.4 is 0 Å². The number of rotatable bonds is 2. The van der Waals surface area contributed by atoms with Gasteiger partial charge in [-0.15, -0.1) is 0 Å². The van der Waals surface area contributed by atoms with Gasteiger partial charge in [0.25, 0.3) is 0 Å². The SMILES string of the molecule is C(=C\C1CCCCC1)/c1cnc2cccnc2n1. The molecule has 0 bridgehead atoms. The molecule has 2 aromatic heterocycles. The summed E-state index contributed by atoms with van der Waals surface area (Å²) >= 11 is 0. The normalized spacial score (nSPS) is 17.6. The van der Waals surface area contributed by atoms with Crippen LogP contribution in [0.15, 0.2) is 30.6 Å².